The Morgan fingerprint density at radius 2 is 2.04 bits per heavy atom. The molecule has 0 aromatic carbocycles. The summed E-state index contributed by atoms with van der Waals surface area (Å²) in [5, 5.41) is 6.45. The summed E-state index contributed by atoms with van der Waals surface area (Å²) < 4.78 is 0. The second-order valence-electron chi connectivity index (χ2n) is 5.87. The molecule has 138 valence electrons. The molecule has 0 aliphatic carbocycles. The van der Waals surface area contributed by atoms with E-state index in [2.05, 4.69) is 30.1 Å². The summed E-state index contributed by atoms with van der Waals surface area (Å²) in [5.74, 6) is 0.680. The van der Waals surface area contributed by atoms with E-state index in [-0.39, 0.29) is 24.0 Å². The number of aromatic nitrogens is 2. The molecule has 2 N–H and O–H groups in total. The average molecular weight is 492 g/mol. The molecule has 0 radical (unpaired) electrons. The highest BCUT2D eigenvalue weighted by Gasteiger charge is 2.19. The maximum Gasteiger partial charge on any atom is 0.191 e. The maximum absolute atomic E-state index is 6.14. The van der Waals surface area contributed by atoms with Crippen LogP contribution in [-0.2, 0) is 6.42 Å². The Hall–Kier alpha value is -0.940. The van der Waals surface area contributed by atoms with Gasteiger partial charge in [0.15, 0.2) is 11.1 Å². The molecule has 0 bridgehead atoms. The number of nitrogens with two attached hydrogens (primary N) is 1. The first-order chi connectivity index (χ1) is 11.7. The number of halogens is 1. The third-order valence-electron chi connectivity index (χ3n) is 4.03. The van der Waals surface area contributed by atoms with Gasteiger partial charge in [0.05, 0.1) is 5.01 Å². The lowest BCUT2D eigenvalue weighted by atomic mass is 10.2. The van der Waals surface area contributed by atoms with Crippen molar-refractivity contribution >= 4 is 57.7 Å². The summed E-state index contributed by atoms with van der Waals surface area (Å²) in [4.78, 5) is 17.9. The molecule has 2 aromatic heterocycles. The van der Waals surface area contributed by atoms with E-state index < -0.39 is 0 Å². The number of piperazine rings is 1. The van der Waals surface area contributed by atoms with Gasteiger partial charge in [-0.15, -0.1) is 46.7 Å². The van der Waals surface area contributed by atoms with E-state index in [1.54, 1.807) is 22.7 Å². The van der Waals surface area contributed by atoms with Crippen molar-refractivity contribution in [1.29, 1.82) is 0 Å². The molecule has 3 rings (SSSR count). The molecule has 1 fully saturated rings. The highest BCUT2D eigenvalue weighted by molar-refractivity contribution is 14.0. The van der Waals surface area contributed by atoms with Crippen molar-refractivity contribution in [2.24, 2.45) is 10.7 Å². The van der Waals surface area contributed by atoms with E-state index >= 15 is 0 Å². The topological polar surface area (TPSA) is 70.6 Å². The van der Waals surface area contributed by atoms with Crippen LogP contribution in [0.1, 0.15) is 23.5 Å². The van der Waals surface area contributed by atoms with E-state index in [0.717, 1.165) is 62.8 Å². The average Bonchev–Trinajstić information content (AvgIpc) is 3.26. The van der Waals surface area contributed by atoms with Crippen molar-refractivity contribution in [3.05, 3.63) is 27.7 Å². The Kier molecular flexibility index (Phi) is 8.37. The smallest absolute Gasteiger partial charge is 0.191 e. The van der Waals surface area contributed by atoms with Crippen molar-refractivity contribution in [3.8, 4) is 0 Å². The lowest BCUT2D eigenvalue weighted by molar-refractivity contribution is 0.380. The lowest BCUT2D eigenvalue weighted by Crippen LogP contribution is -2.51. The third-order valence-corrected chi connectivity index (χ3v) is 5.89. The molecular formula is C16H25IN6S2. The van der Waals surface area contributed by atoms with Gasteiger partial charge in [-0.1, -0.05) is 0 Å². The number of unbranched alkanes of at least 4 members (excludes halogenated alkanes) is 1. The number of hydrogen-bond donors (Lipinski definition) is 1. The number of hydrogen-bond acceptors (Lipinski definition) is 6. The van der Waals surface area contributed by atoms with Crippen LogP contribution in [0.4, 0.5) is 5.13 Å². The van der Waals surface area contributed by atoms with Gasteiger partial charge in [0, 0.05) is 55.4 Å². The fourth-order valence-electron chi connectivity index (χ4n) is 2.70. The summed E-state index contributed by atoms with van der Waals surface area (Å²) in [6, 6.07) is 0. The summed E-state index contributed by atoms with van der Waals surface area (Å²) in [7, 11) is 0. The molecule has 0 saturated carbocycles. The zero-order valence-electron chi connectivity index (χ0n) is 14.4. The van der Waals surface area contributed by atoms with Gasteiger partial charge in [-0.2, -0.15) is 0 Å². The Morgan fingerprint density at radius 3 is 2.68 bits per heavy atom. The largest absolute Gasteiger partial charge is 0.370 e. The first-order valence-corrected chi connectivity index (χ1v) is 10.1. The molecule has 25 heavy (non-hydrogen) atoms. The summed E-state index contributed by atoms with van der Waals surface area (Å²) >= 11 is 3.44. The number of nitrogens with zero attached hydrogens (tertiary/aromatic N) is 5. The third kappa shape index (κ3) is 6.07. The molecule has 9 heteroatoms. The van der Waals surface area contributed by atoms with Crippen LogP contribution < -0.4 is 10.6 Å². The van der Waals surface area contributed by atoms with E-state index in [1.807, 2.05) is 18.5 Å². The van der Waals surface area contributed by atoms with Crippen LogP contribution in [0.25, 0.3) is 0 Å². The number of aryl methyl sites for hydroxylation is 2. The number of anilines is 1. The standard InChI is InChI=1S/C16H24N6S2.HI/c1-13-12-24-14(20-13)4-2-3-5-18-15(17)21-7-9-22(10-8-21)16-19-6-11-23-16;/h6,11-12H,2-5,7-10H2,1H3,(H2,17,18);1H. The zero-order valence-corrected chi connectivity index (χ0v) is 18.4. The number of rotatable bonds is 6. The fourth-order valence-corrected chi connectivity index (χ4v) is 4.21. The normalized spacial score (nSPS) is 15.3. The van der Waals surface area contributed by atoms with Gasteiger partial charge in [0.1, 0.15) is 0 Å². The molecule has 2 aromatic rings. The lowest BCUT2D eigenvalue weighted by Gasteiger charge is -2.35. The minimum absolute atomic E-state index is 0. The summed E-state index contributed by atoms with van der Waals surface area (Å²) in [5.41, 5.74) is 7.26. The molecule has 1 aliphatic heterocycles. The first kappa shape index (κ1) is 20.4. The van der Waals surface area contributed by atoms with Crippen LogP contribution in [-0.4, -0.2) is 53.6 Å². The number of thiazole rings is 2. The second kappa shape index (κ2) is 10.3. The number of aliphatic imine (C=N–C) groups is 1. The van der Waals surface area contributed by atoms with Crippen LogP contribution in [0, 0.1) is 6.92 Å². The first-order valence-electron chi connectivity index (χ1n) is 8.32. The molecule has 6 nitrogen and oxygen atoms in total. The summed E-state index contributed by atoms with van der Waals surface area (Å²) in [6.07, 6.45) is 5.07. The highest BCUT2D eigenvalue weighted by atomic mass is 127. The van der Waals surface area contributed by atoms with Crippen molar-refractivity contribution < 1.29 is 0 Å². The van der Waals surface area contributed by atoms with Crippen molar-refractivity contribution in [1.82, 2.24) is 14.9 Å². The molecule has 0 spiro atoms. The predicted octanol–water partition coefficient (Wildman–Crippen LogP) is 2.99. The van der Waals surface area contributed by atoms with Gasteiger partial charge in [0.2, 0.25) is 0 Å². The van der Waals surface area contributed by atoms with Crippen molar-refractivity contribution in [3.63, 3.8) is 0 Å². The van der Waals surface area contributed by atoms with Crippen LogP contribution in [0.2, 0.25) is 0 Å². The second-order valence-corrected chi connectivity index (χ2v) is 7.68. The van der Waals surface area contributed by atoms with E-state index in [9.17, 15) is 0 Å². The van der Waals surface area contributed by atoms with E-state index in [4.69, 9.17) is 5.73 Å². The summed E-state index contributed by atoms with van der Waals surface area (Å²) in [6.45, 7) is 6.56. The van der Waals surface area contributed by atoms with Crippen LogP contribution in [0.15, 0.2) is 21.9 Å². The van der Waals surface area contributed by atoms with Crippen molar-refractivity contribution in [2.45, 2.75) is 26.2 Å². The molecule has 1 saturated heterocycles. The molecule has 1 aliphatic rings. The molecule has 0 amide bonds. The monoisotopic (exact) mass is 492 g/mol. The molecular weight excluding hydrogens is 467 g/mol. The number of guanidine groups is 1. The van der Waals surface area contributed by atoms with Gasteiger partial charge in [-0.3, -0.25) is 4.99 Å². The highest BCUT2D eigenvalue weighted by Crippen LogP contribution is 2.18. The van der Waals surface area contributed by atoms with Gasteiger partial charge in [0.25, 0.3) is 0 Å². The fraction of sp³-hybridized carbons (Fsp3) is 0.562. The minimum Gasteiger partial charge on any atom is -0.370 e. The Balaban J connectivity index is 0.00000225. The van der Waals surface area contributed by atoms with Gasteiger partial charge < -0.3 is 15.5 Å². The minimum atomic E-state index is 0. The van der Waals surface area contributed by atoms with Crippen molar-refractivity contribution in [2.75, 3.05) is 37.6 Å². The Bertz CT molecular complexity index is 649. The predicted molar refractivity (Wildman–Crippen MR) is 118 cm³/mol. The van der Waals surface area contributed by atoms with Gasteiger partial charge in [-0.25, -0.2) is 9.97 Å². The van der Waals surface area contributed by atoms with E-state index in [0.29, 0.717) is 5.96 Å². The molecule has 3 heterocycles. The Morgan fingerprint density at radius 1 is 1.24 bits per heavy atom. The Labute approximate surface area is 174 Å². The van der Waals surface area contributed by atoms with Crippen LogP contribution in [0.5, 0.6) is 0 Å². The SMILES string of the molecule is Cc1csc(CCCCN=C(N)N2CCN(c3nccs3)CC2)n1.I. The van der Waals surface area contributed by atoms with Crippen LogP contribution in [0.3, 0.4) is 0 Å². The van der Waals surface area contributed by atoms with Crippen LogP contribution >= 0.6 is 46.7 Å². The molecule has 0 atom stereocenters. The quantitative estimate of drug-likeness (QED) is 0.291. The van der Waals surface area contributed by atoms with E-state index in [1.165, 1.54) is 5.01 Å². The zero-order chi connectivity index (χ0) is 16.8. The maximum atomic E-state index is 6.14. The van der Waals surface area contributed by atoms with Gasteiger partial charge in [-0.05, 0) is 26.2 Å². The molecule has 0 unspecified atom stereocenters. The van der Waals surface area contributed by atoms with Gasteiger partial charge >= 0.3 is 0 Å².